The second-order valence-corrected chi connectivity index (χ2v) is 11.7. The number of rotatable bonds is 9. The van der Waals surface area contributed by atoms with Crippen LogP contribution >= 0.6 is 0 Å². The zero-order valence-corrected chi connectivity index (χ0v) is 21.7. The molecule has 0 saturated heterocycles. The maximum atomic E-state index is 13.8. The lowest BCUT2D eigenvalue weighted by Gasteiger charge is -2.33. The molecule has 1 fully saturated rings. The first-order valence-electron chi connectivity index (χ1n) is 12.5. The number of nitrogens with one attached hydrogen (secondary N) is 1. The summed E-state index contributed by atoms with van der Waals surface area (Å²) in [6.07, 6.45) is 3.36. The first-order valence-corrected chi connectivity index (χ1v) is 14.0. The molecule has 5 nitrogen and oxygen atoms in total. The number of nitrogens with zero attached hydrogens (tertiary/aromatic N) is 1. The van der Waals surface area contributed by atoms with E-state index in [9.17, 15) is 22.0 Å². The van der Waals surface area contributed by atoms with Crippen molar-refractivity contribution in [1.82, 2.24) is 9.62 Å². The van der Waals surface area contributed by atoms with Crippen LogP contribution in [-0.4, -0.2) is 31.2 Å². The van der Waals surface area contributed by atoms with Crippen LogP contribution in [0.1, 0.15) is 42.4 Å². The predicted molar refractivity (Wildman–Crippen MR) is 139 cm³/mol. The molecule has 8 heteroatoms. The highest BCUT2D eigenvalue weighted by atomic mass is 32.2. The number of carbonyl (C=O) groups excluding carboxylic acids is 1. The summed E-state index contributed by atoms with van der Waals surface area (Å²) in [6, 6.07) is 19.6. The van der Waals surface area contributed by atoms with Crippen LogP contribution < -0.4 is 5.32 Å². The molecule has 37 heavy (non-hydrogen) atoms. The molecule has 1 aliphatic rings. The Kier molecular flexibility index (Phi) is 8.71. The van der Waals surface area contributed by atoms with Gasteiger partial charge in [-0.3, -0.25) is 4.79 Å². The van der Waals surface area contributed by atoms with Crippen LogP contribution in [-0.2, 0) is 27.8 Å². The molecule has 3 aromatic rings. The van der Waals surface area contributed by atoms with Crippen LogP contribution in [0.5, 0.6) is 0 Å². The van der Waals surface area contributed by atoms with Crippen molar-refractivity contribution in [2.24, 2.45) is 5.92 Å². The van der Waals surface area contributed by atoms with Gasteiger partial charge >= 0.3 is 0 Å². The average Bonchev–Trinajstić information content (AvgIpc) is 2.89. The molecule has 0 spiro atoms. The molecular weight excluding hydrogens is 494 g/mol. The van der Waals surface area contributed by atoms with Gasteiger partial charge in [0, 0.05) is 19.1 Å². The van der Waals surface area contributed by atoms with Gasteiger partial charge in [-0.1, -0.05) is 54.1 Å². The summed E-state index contributed by atoms with van der Waals surface area (Å²) in [5, 5.41) is 3.12. The smallest absolute Gasteiger partial charge is 0.243 e. The Morgan fingerprint density at radius 1 is 0.892 bits per heavy atom. The Balaban J connectivity index is 1.39. The van der Waals surface area contributed by atoms with Crippen molar-refractivity contribution in [2.75, 3.05) is 6.54 Å². The van der Waals surface area contributed by atoms with Crippen LogP contribution in [0, 0.1) is 24.5 Å². The van der Waals surface area contributed by atoms with E-state index < -0.39 is 21.7 Å². The Bertz CT molecular complexity index is 1310. The molecule has 3 aromatic carbocycles. The molecule has 0 radical (unpaired) electrons. The third-order valence-electron chi connectivity index (χ3n) is 6.88. The van der Waals surface area contributed by atoms with Crippen molar-refractivity contribution in [3.63, 3.8) is 0 Å². The van der Waals surface area contributed by atoms with Crippen LogP contribution in [0.2, 0.25) is 0 Å². The summed E-state index contributed by atoms with van der Waals surface area (Å²) >= 11 is 0. The molecule has 1 N–H and O–H groups in total. The van der Waals surface area contributed by atoms with Gasteiger partial charge in [-0.2, -0.15) is 4.31 Å². The molecule has 0 heterocycles. The highest BCUT2D eigenvalue weighted by molar-refractivity contribution is 7.89. The minimum absolute atomic E-state index is 0.0149. The van der Waals surface area contributed by atoms with Crippen molar-refractivity contribution >= 4 is 15.9 Å². The van der Waals surface area contributed by atoms with Gasteiger partial charge in [-0.15, -0.1) is 0 Å². The number of halogens is 2. The highest BCUT2D eigenvalue weighted by Crippen LogP contribution is 2.28. The fourth-order valence-corrected chi connectivity index (χ4v) is 6.30. The standard InChI is InChI=1S/C29H32F2N2O3S/c1-21-7-9-22(10-8-21)18-29(34)32-25-14-11-23(12-15-25)19-33(20-24-13-16-27(30)28(31)17-24)37(35,36)26-5-3-2-4-6-26/h2-10,13,16-17,23,25H,11-12,14-15,18-20H2,1H3,(H,32,34). The number of sulfonamides is 1. The molecule has 0 aliphatic heterocycles. The molecule has 0 atom stereocenters. The van der Waals surface area contributed by atoms with Crippen LogP contribution in [0.25, 0.3) is 0 Å². The van der Waals surface area contributed by atoms with E-state index in [0.717, 1.165) is 48.9 Å². The van der Waals surface area contributed by atoms with Gasteiger partial charge in [0.2, 0.25) is 15.9 Å². The van der Waals surface area contributed by atoms with Gasteiger partial charge in [-0.25, -0.2) is 17.2 Å². The second kappa shape index (κ2) is 12.0. The molecule has 0 bridgehead atoms. The fraction of sp³-hybridized carbons (Fsp3) is 0.345. The first kappa shape index (κ1) is 26.9. The molecule has 196 valence electrons. The third kappa shape index (κ3) is 7.23. The van der Waals surface area contributed by atoms with Crippen LogP contribution in [0.4, 0.5) is 8.78 Å². The number of benzene rings is 3. The van der Waals surface area contributed by atoms with Crippen molar-refractivity contribution in [3.8, 4) is 0 Å². The fourth-order valence-electron chi connectivity index (χ4n) is 4.78. The number of carbonyl (C=O) groups is 1. The normalized spacial score (nSPS) is 18.1. The molecule has 1 amide bonds. The Morgan fingerprint density at radius 2 is 1.54 bits per heavy atom. The molecular formula is C29H32F2N2O3S. The molecule has 1 saturated carbocycles. The minimum Gasteiger partial charge on any atom is -0.353 e. The summed E-state index contributed by atoms with van der Waals surface area (Å²) < 4.78 is 55.6. The van der Waals surface area contributed by atoms with Crippen LogP contribution in [0.3, 0.4) is 0 Å². The second-order valence-electron chi connectivity index (χ2n) is 9.81. The Hall–Kier alpha value is -3.10. The summed E-state index contributed by atoms with van der Waals surface area (Å²) in [5.74, 6) is -1.90. The van der Waals surface area contributed by atoms with Crippen LogP contribution in [0.15, 0.2) is 77.7 Å². The number of hydrogen-bond acceptors (Lipinski definition) is 3. The average molecular weight is 527 g/mol. The minimum atomic E-state index is -3.84. The lowest BCUT2D eigenvalue weighted by molar-refractivity contribution is -0.121. The number of amides is 1. The van der Waals surface area contributed by atoms with Crippen molar-refractivity contribution in [3.05, 3.63) is 101 Å². The largest absolute Gasteiger partial charge is 0.353 e. The summed E-state index contributed by atoms with van der Waals surface area (Å²) in [6.45, 7) is 2.22. The van der Waals surface area contributed by atoms with Gasteiger partial charge in [0.25, 0.3) is 0 Å². The van der Waals surface area contributed by atoms with E-state index in [1.807, 2.05) is 31.2 Å². The van der Waals surface area contributed by atoms with Gasteiger partial charge < -0.3 is 5.32 Å². The quantitative estimate of drug-likeness (QED) is 0.407. The monoisotopic (exact) mass is 526 g/mol. The summed E-state index contributed by atoms with van der Waals surface area (Å²) in [5.41, 5.74) is 2.50. The lowest BCUT2D eigenvalue weighted by atomic mass is 9.86. The van der Waals surface area contributed by atoms with E-state index in [-0.39, 0.29) is 35.9 Å². The maximum absolute atomic E-state index is 13.8. The van der Waals surface area contributed by atoms with Crippen molar-refractivity contribution < 1.29 is 22.0 Å². The number of hydrogen-bond donors (Lipinski definition) is 1. The Labute approximate surface area is 217 Å². The summed E-state index contributed by atoms with van der Waals surface area (Å²) in [4.78, 5) is 12.7. The van der Waals surface area contributed by atoms with Gasteiger partial charge in [0.1, 0.15) is 0 Å². The lowest BCUT2D eigenvalue weighted by Crippen LogP contribution is -2.41. The maximum Gasteiger partial charge on any atom is 0.243 e. The van der Waals surface area contributed by atoms with E-state index in [0.29, 0.717) is 12.0 Å². The van der Waals surface area contributed by atoms with E-state index in [1.54, 1.807) is 18.2 Å². The van der Waals surface area contributed by atoms with E-state index in [4.69, 9.17) is 0 Å². The van der Waals surface area contributed by atoms with Gasteiger partial charge in [-0.05, 0) is 73.9 Å². The molecule has 4 rings (SSSR count). The topological polar surface area (TPSA) is 66.5 Å². The van der Waals surface area contributed by atoms with Gasteiger partial charge in [0.15, 0.2) is 11.6 Å². The van der Waals surface area contributed by atoms with E-state index in [2.05, 4.69) is 5.32 Å². The predicted octanol–water partition coefficient (Wildman–Crippen LogP) is 5.38. The van der Waals surface area contributed by atoms with Crippen molar-refractivity contribution in [1.29, 1.82) is 0 Å². The van der Waals surface area contributed by atoms with Gasteiger partial charge in [0.05, 0.1) is 11.3 Å². The van der Waals surface area contributed by atoms with Crippen molar-refractivity contribution in [2.45, 2.75) is 56.5 Å². The Morgan fingerprint density at radius 3 is 2.19 bits per heavy atom. The van der Waals surface area contributed by atoms with E-state index >= 15 is 0 Å². The zero-order valence-electron chi connectivity index (χ0n) is 20.9. The highest BCUT2D eigenvalue weighted by Gasteiger charge is 2.30. The SMILES string of the molecule is Cc1ccc(CC(=O)NC2CCC(CN(Cc3ccc(F)c(F)c3)S(=O)(=O)c3ccccc3)CC2)cc1. The molecule has 0 unspecified atom stereocenters. The van der Waals surface area contributed by atoms with E-state index in [1.165, 1.54) is 22.5 Å². The zero-order chi connectivity index (χ0) is 26.4. The summed E-state index contributed by atoms with van der Waals surface area (Å²) in [7, 11) is -3.84. The molecule has 0 aromatic heterocycles. The molecule has 1 aliphatic carbocycles. The third-order valence-corrected chi connectivity index (χ3v) is 8.71. The number of aryl methyl sites for hydroxylation is 1. The first-order chi connectivity index (χ1) is 17.7.